The summed E-state index contributed by atoms with van der Waals surface area (Å²) in [6.07, 6.45) is 13.7. The van der Waals surface area contributed by atoms with Crippen molar-refractivity contribution in [2.45, 2.75) is 105 Å². The normalized spacial score (nSPS) is 33.1. The number of benzene rings is 2. The maximum Gasteiger partial charge on any atom is 0.0400 e. The van der Waals surface area contributed by atoms with E-state index in [1.54, 1.807) is 0 Å². The van der Waals surface area contributed by atoms with E-state index in [9.17, 15) is 0 Å². The van der Waals surface area contributed by atoms with Gasteiger partial charge in [-0.2, -0.15) is 0 Å². The summed E-state index contributed by atoms with van der Waals surface area (Å²) < 4.78 is 0. The zero-order valence-corrected chi connectivity index (χ0v) is 29.9. The molecule has 0 unspecified atom stereocenters. The van der Waals surface area contributed by atoms with Crippen LogP contribution < -0.4 is 9.80 Å². The Balaban J connectivity index is 1.56. The van der Waals surface area contributed by atoms with Crippen LogP contribution in [0.2, 0.25) is 0 Å². The van der Waals surface area contributed by atoms with Crippen molar-refractivity contribution in [3.8, 4) is 0 Å². The molecule has 0 bridgehead atoms. The minimum absolute atomic E-state index is 0.180. The average Bonchev–Trinajstić information content (AvgIpc) is 2.94. The first-order chi connectivity index (χ1) is 20.1. The molecule has 1 aliphatic heterocycles. The van der Waals surface area contributed by atoms with Gasteiger partial charge in [0, 0.05) is 36.5 Å². The quantitative estimate of drug-likeness (QED) is 0.302. The second-order valence-electron chi connectivity index (χ2n) is 15.3. The number of hydrogen-bond acceptors (Lipinski definition) is 2. The summed E-state index contributed by atoms with van der Waals surface area (Å²) in [4.78, 5) is 5.85. The predicted octanol–water partition coefficient (Wildman–Crippen LogP) is 11.3. The highest BCUT2D eigenvalue weighted by Gasteiger charge is 2.42. The van der Waals surface area contributed by atoms with Crippen molar-refractivity contribution in [3.63, 3.8) is 0 Å². The van der Waals surface area contributed by atoms with Crippen molar-refractivity contribution < 1.29 is 0 Å². The summed E-state index contributed by atoms with van der Waals surface area (Å²) in [6, 6.07) is 19.2. The summed E-state index contributed by atoms with van der Waals surface area (Å²) in [5.74, 6) is 5.04. The van der Waals surface area contributed by atoms with E-state index in [2.05, 4.69) is 114 Å². The molecule has 2 nitrogen and oxygen atoms in total. The van der Waals surface area contributed by atoms with E-state index in [0.29, 0.717) is 0 Å². The molecule has 0 spiro atoms. The fourth-order valence-corrected chi connectivity index (χ4v) is 16.0. The highest BCUT2D eigenvalue weighted by Crippen LogP contribution is 2.60. The second kappa shape index (κ2) is 14.3. The molecular formula is C38H60N2P2. The predicted molar refractivity (Wildman–Crippen MR) is 191 cm³/mol. The van der Waals surface area contributed by atoms with Crippen LogP contribution in [0.1, 0.15) is 91.2 Å². The molecular weight excluding hydrogens is 546 g/mol. The summed E-state index contributed by atoms with van der Waals surface area (Å²) >= 11 is 0. The minimum atomic E-state index is -0.180. The standard InChI is InChI=1S/C38H60N2P2/c1-27(2)35-19-13-31(7)21-37(35)41-23-39(33-15-9-29(5)10-16-33)25-42(38-22-32(8)14-20-36(38)28(3)4)26-40(24-41)34-17-11-30(6)12-18-34/h9-12,15-18,27-28,31-32,35-38H,13-14,19-26H2,1-8H3/t31-,32-,35+,36+,37-,38-,41?,42?/m1/s1. The Morgan fingerprint density at radius 3 is 1.19 bits per heavy atom. The molecule has 232 valence electrons. The molecule has 2 aliphatic carbocycles. The Bertz CT molecular complexity index is 1010. The lowest BCUT2D eigenvalue weighted by molar-refractivity contribution is 0.240. The van der Waals surface area contributed by atoms with E-state index >= 15 is 0 Å². The van der Waals surface area contributed by atoms with Gasteiger partial charge in [-0.1, -0.05) is 106 Å². The molecule has 1 saturated heterocycles. The second-order valence-corrected chi connectivity index (χ2v) is 20.1. The highest BCUT2D eigenvalue weighted by atomic mass is 31.1. The lowest BCUT2D eigenvalue weighted by Crippen LogP contribution is -2.43. The monoisotopic (exact) mass is 606 g/mol. The van der Waals surface area contributed by atoms with Gasteiger partial charge in [0.15, 0.2) is 0 Å². The fraction of sp³-hybridized carbons (Fsp3) is 0.684. The Morgan fingerprint density at radius 1 is 0.548 bits per heavy atom. The van der Waals surface area contributed by atoms with Crippen molar-refractivity contribution in [2.24, 2.45) is 35.5 Å². The van der Waals surface area contributed by atoms with E-state index in [0.717, 1.165) is 46.8 Å². The fourth-order valence-electron chi connectivity index (χ4n) is 8.46. The van der Waals surface area contributed by atoms with Crippen LogP contribution in [-0.4, -0.2) is 36.5 Å². The van der Waals surface area contributed by atoms with Crippen molar-refractivity contribution >= 4 is 27.2 Å². The summed E-state index contributed by atoms with van der Waals surface area (Å²) in [5, 5.41) is 0. The van der Waals surface area contributed by atoms with Crippen LogP contribution in [0.25, 0.3) is 0 Å². The lowest BCUT2D eigenvalue weighted by Gasteiger charge is -2.50. The van der Waals surface area contributed by atoms with Gasteiger partial charge >= 0.3 is 0 Å². The zero-order chi connectivity index (χ0) is 30.0. The van der Waals surface area contributed by atoms with Gasteiger partial charge < -0.3 is 9.80 Å². The SMILES string of the molecule is Cc1ccc(N2CP([C@@H]3C[C@H](C)CC[C@H]3C(C)C)CN(c3ccc(C)cc3)CP([C@@H]3C[C@H](C)CC[C@H]3C(C)C)C2)cc1. The molecule has 1 heterocycles. The molecule has 2 aromatic rings. The van der Waals surface area contributed by atoms with Crippen LogP contribution >= 0.6 is 15.8 Å². The molecule has 0 N–H and O–H groups in total. The van der Waals surface area contributed by atoms with E-state index in [1.807, 2.05) is 0 Å². The van der Waals surface area contributed by atoms with Crippen LogP contribution in [0, 0.1) is 49.4 Å². The van der Waals surface area contributed by atoms with Gasteiger partial charge in [-0.15, -0.1) is 0 Å². The van der Waals surface area contributed by atoms with Gasteiger partial charge in [-0.3, -0.25) is 0 Å². The number of anilines is 2. The molecule has 0 radical (unpaired) electrons. The first-order valence-corrected chi connectivity index (χ1v) is 20.8. The molecule has 2 saturated carbocycles. The first kappa shape index (κ1) is 32.3. The molecule has 3 fully saturated rings. The van der Waals surface area contributed by atoms with Crippen LogP contribution in [0.3, 0.4) is 0 Å². The third-order valence-electron chi connectivity index (χ3n) is 11.1. The van der Waals surface area contributed by atoms with Crippen molar-refractivity contribution in [1.29, 1.82) is 0 Å². The molecule has 0 amide bonds. The maximum atomic E-state index is 2.93. The average molecular weight is 607 g/mol. The van der Waals surface area contributed by atoms with Crippen molar-refractivity contribution in [1.82, 2.24) is 0 Å². The summed E-state index contributed by atoms with van der Waals surface area (Å²) in [6.45, 7) is 19.6. The molecule has 0 aromatic heterocycles. The number of aryl methyl sites for hydroxylation is 2. The van der Waals surface area contributed by atoms with Gasteiger partial charge in [0.25, 0.3) is 0 Å². The Hall–Kier alpha value is -1.10. The van der Waals surface area contributed by atoms with E-state index in [4.69, 9.17) is 0 Å². The van der Waals surface area contributed by atoms with Crippen LogP contribution in [0.15, 0.2) is 48.5 Å². The maximum absolute atomic E-state index is 2.93. The van der Waals surface area contributed by atoms with Crippen LogP contribution in [-0.2, 0) is 0 Å². The number of nitrogens with zero attached hydrogens (tertiary/aromatic N) is 2. The summed E-state index contributed by atoms with van der Waals surface area (Å²) in [7, 11) is -0.359. The first-order valence-electron chi connectivity index (χ1n) is 17.2. The van der Waals surface area contributed by atoms with E-state index in [1.165, 1.54) is 86.2 Å². The third-order valence-corrected chi connectivity index (χ3v) is 17.0. The molecule has 2 aromatic carbocycles. The Labute approximate surface area is 261 Å². The molecule has 6 atom stereocenters. The lowest BCUT2D eigenvalue weighted by atomic mass is 9.77. The minimum Gasteiger partial charge on any atom is -0.363 e. The van der Waals surface area contributed by atoms with Gasteiger partial charge in [0.05, 0.1) is 0 Å². The third kappa shape index (κ3) is 7.75. The van der Waals surface area contributed by atoms with Crippen LogP contribution in [0.5, 0.6) is 0 Å². The smallest absolute Gasteiger partial charge is 0.0400 e. The van der Waals surface area contributed by atoms with E-state index < -0.39 is 0 Å². The molecule has 3 aliphatic rings. The van der Waals surface area contributed by atoms with Gasteiger partial charge in [0.1, 0.15) is 0 Å². The zero-order valence-electron chi connectivity index (χ0n) is 28.1. The summed E-state index contributed by atoms with van der Waals surface area (Å²) in [5.41, 5.74) is 7.46. The largest absolute Gasteiger partial charge is 0.363 e. The van der Waals surface area contributed by atoms with E-state index in [-0.39, 0.29) is 15.8 Å². The topological polar surface area (TPSA) is 6.48 Å². The highest BCUT2D eigenvalue weighted by molar-refractivity contribution is 7.60. The molecule has 42 heavy (non-hydrogen) atoms. The van der Waals surface area contributed by atoms with Crippen LogP contribution in [0.4, 0.5) is 11.4 Å². The van der Waals surface area contributed by atoms with Crippen molar-refractivity contribution in [2.75, 3.05) is 34.9 Å². The van der Waals surface area contributed by atoms with Gasteiger partial charge in [0.2, 0.25) is 0 Å². The Kier molecular flexibility index (Phi) is 11.0. The van der Waals surface area contributed by atoms with Gasteiger partial charge in [-0.05, 0) is 111 Å². The number of hydrogen-bond donors (Lipinski definition) is 0. The van der Waals surface area contributed by atoms with Gasteiger partial charge in [-0.25, -0.2) is 0 Å². The van der Waals surface area contributed by atoms with Crippen molar-refractivity contribution in [3.05, 3.63) is 59.7 Å². The number of rotatable bonds is 6. The Morgan fingerprint density at radius 2 is 0.881 bits per heavy atom. The molecule has 5 rings (SSSR count). The molecule has 4 heteroatoms.